The molecule has 4 rings (SSSR count). The Hall–Kier alpha value is -3.33. The lowest BCUT2D eigenvalue weighted by Crippen LogP contribution is -2.13. The zero-order chi connectivity index (χ0) is 20.2. The van der Waals surface area contributed by atoms with E-state index in [-0.39, 0.29) is 5.91 Å². The average Bonchev–Trinajstić information content (AvgIpc) is 3.10. The molecule has 0 bridgehead atoms. The van der Waals surface area contributed by atoms with Crippen LogP contribution in [0.4, 0.5) is 0 Å². The Labute approximate surface area is 171 Å². The maximum absolute atomic E-state index is 13.2. The molecule has 4 aromatic rings. The number of aryl methyl sites for hydroxylation is 2. The Morgan fingerprint density at radius 2 is 1.69 bits per heavy atom. The molecule has 0 aliphatic heterocycles. The molecule has 1 aromatic heterocycles. The summed E-state index contributed by atoms with van der Waals surface area (Å²) in [5.74, 6) is 0.888. The van der Waals surface area contributed by atoms with Crippen molar-refractivity contribution in [1.29, 1.82) is 0 Å². The van der Waals surface area contributed by atoms with Crippen LogP contribution in [-0.2, 0) is 12.8 Å². The highest BCUT2D eigenvalue weighted by atomic mass is 16.5. The van der Waals surface area contributed by atoms with Crippen LogP contribution < -0.4 is 4.74 Å². The van der Waals surface area contributed by atoms with E-state index in [2.05, 4.69) is 19.1 Å². The van der Waals surface area contributed by atoms with E-state index in [0.717, 1.165) is 40.8 Å². The van der Waals surface area contributed by atoms with Gasteiger partial charge in [0.1, 0.15) is 5.75 Å². The van der Waals surface area contributed by atoms with Crippen LogP contribution in [0, 0.1) is 6.92 Å². The lowest BCUT2D eigenvalue weighted by molar-refractivity contribution is 0.0963. The van der Waals surface area contributed by atoms with Gasteiger partial charge in [-0.15, -0.1) is 0 Å². The van der Waals surface area contributed by atoms with Gasteiger partial charge in [0, 0.05) is 23.1 Å². The largest absolute Gasteiger partial charge is 0.493 e. The summed E-state index contributed by atoms with van der Waals surface area (Å²) in [5, 5.41) is 1.16. The maximum atomic E-state index is 13.2. The molecule has 0 aliphatic rings. The number of carbonyl (C=O) groups is 1. The van der Waals surface area contributed by atoms with Gasteiger partial charge < -0.3 is 4.74 Å². The van der Waals surface area contributed by atoms with E-state index < -0.39 is 0 Å². The second-order valence-corrected chi connectivity index (χ2v) is 7.24. The Bertz CT molecular complexity index is 1120. The number of aromatic nitrogens is 1. The molecule has 0 radical (unpaired) electrons. The number of hydrogen-bond acceptors (Lipinski definition) is 2. The van der Waals surface area contributed by atoms with Crippen LogP contribution in [0.3, 0.4) is 0 Å². The van der Waals surface area contributed by atoms with Crippen LogP contribution in [0.1, 0.15) is 34.1 Å². The van der Waals surface area contributed by atoms with E-state index in [1.807, 2.05) is 78.2 Å². The molecule has 3 heteroatoms. The molecule has 0 N–H and O–H groups in total. The smallest absolute Gasteiger partial charge is 0.262 e. The second-order valence-electron chi connectivity index (χ2n) is 7.24. The minimum absolute atomic E-state index is 0.0119. The summed E-state index contributed by atoms with van der Waals surface area (Å²) < 4.78 is 7.58. The Balaban J connectivity index is 1.50. The fraction of sp³-hybridized carbons (Fsp3) is 0.192. The first kappa shape index (κ1) is 19.0. The van der Waals surface area contributed by atoms with Crippen molar-refractivity contribution in [1.82, 2.24) is 4.57 Å². The van der Waals surface area contributed by atoms with Gasteiger partial charge in [-0.1, -0.05) is 49.4 Å². The van der Waals surface area contributed by atoms with Gasteiger partial charge in [0.2, 0.25) is 0 Å². The van der Waals surface area contributed by atoms with Gasteiger partial charge in [-0.25, -0.2) is 0 Å². The normalized spacial score (nSPS) is 11.0. The molecule has 0 spiro atoms. The van der Waals surface area contributed by atoms with Gasteiger partial charge in [-0.2, -0.15) is 0 Å². The first-order chi connectivity index (χ1) is 14.2. The van der Waals surface area contributed by atoms with Crippen LogP contribution in [-0.4, -0.2) is 17.1 Å². The monoisotopic (exact) mass is 383 g/mol. The van der Waals surface area contributed by atoms with Crippen LogP contribution in [0.15, 0.2) is 78.9 Å². The lowest BCUT2D eigenvalue weighted by Gasteiger charge is -2.09. The first-order valence-electron chi connectivity index (χ1n) is 10.1. The van der Waals surface area contributed by atoms with E-state index in [1.54, 1.807) is 0 Å². The number of carbonyl (C=O) groups excluding carboxylic acids is 1. The third-order valence-electron chi connectivity index (χ3n) is 5.31. The summed E-state index contributed by atoms with van der Waals surface area (Å²) in [5.41, 5.74) is 5.06. The number of ether oxygens (including phenoxy) is 1. The molecule has 0 saturated heterocycles. The number of rotatable bonds is 6. The van der Waals surface area contributed by atoms with Crippen molar-refractivity contribution in [2.75, 3.05) is 6.61 Å². The van der Waals surface area contributed by atoms with Crippen LogP contribution >= 0.6 is 0 Å². The number of fused-ring (bicyclic) bond motifs is 1. The van der Waals surface area contributed by atoms with Crippen molar-refractivity contribution >= 4 is 16.8 Å². The van der Waals surface area contributed by atoms with E-state index in [4.69, 9.17) is 4.74 Å². The highest BCUT2D eigenvalue weighted by molar-refractivity contribution is 6.03. The highest BCUT2D eigenvalue weighted by Crippen LogP contribution is 2.25. The molecular weight excluding hydrogens is 358 g/mol. The number of hydrogen-bond donors (Lipinski definition) is 0. The lowest BCUT2D eigenvalue weighted by atomic mass is 10.1. The topological polar surface area (TPSA) is 31.2 Å². The number of nitrogens with zero attached hydrogens (tertiary/aromatic N) is 1. The summed E-state index contributed by atoms with van der Waals surface area (Å²) in [6, 6.07) is 26.0. The Morgan fingerprint density at radius 3 is 2.41 bits per heavy atom. The molecule has 0 aliphatic carbocycles. The quantitative estimate of drug-likeness (QED) is 0.420. The first-order valence-corrected chi connectivity index (χ1v) is 10.1. The summed E-state index contributed by atoms with van der Waals surface area (Å²) in [4.78, 5) is 13.2. The summed E-state index contributed by atoms with van der Waals surface area (Å²) in [6.07, 6.45) is 1.75. The van der Waals surface area contributed by atoms with Gasteiger partial charge in [0.15, 0.2) is 0 Å². The van der Waals surface area contributed by atoms with Crippen LogP contribution in [0.2, 0.25) is 0 Å². The van der Waals surface area contributed by atoms with Crippen molar-refractivity contribution in [3.05, 3.63) is 101 Å². The second kappa shape index (κ2) is 8.36. The molecular formula is C26H25NO2. The van der Waals surface area contributed by atoms with Gasteiger partial charge in [-0.05, 0) is 60.9 Å². The van der Waals surface area contributed by atoms with E-state index in [9.17, 15) is 4.79 Å². The summed E-state index contributed by atoms with van der Waals surface area (Å²) in [7, 11) is 0. The SMILES string of the molecule is CCc1cccc2c1cc(C)n2C(=O)c1ccc(CCOc2ccccc2)cc1. The molecule has 3 nitrogen and oxygen atoms in total. The molecule has 1 heterocycles. The predicted octanol–water partition coefficient (Wildman–Crippen LogP) is 5.82. The third-order valence-corrected chi connectivity index (χ3v) is 5.31. The minimum atomic E-state index is 0.0119. The predicted molar refractivity (Wildman–Crippen MR) is 118 cm³/mol. The molecule has 0 saturated carbocycles. The Morgan fingerprint density at radius 1 is 0.931 bits per heavy atom. The molecule has 0 unspecified atom stereocenters. The van der Waals surface area contributed by atoms with Gasteiger partial charge in [-0.3, -0.25) is 9.36 Å². The number of para-hydroxylation sites is 1. The summed E-state index contributed by atoms with van der Waals surface area (Å²) in [6.45, 7) is 4.74. The van der Waals surface area contributed by atoms with Crippen molar-refractivity contribution < 1.29 is 9.53 Å². The van der Waals surface area contributed by atoms with Gasteiger partial charge >= 0.3 is 0 Å². The van der Waals surface area contributed by atoms with Gasteiger partial charge in [0.25, 0.3) is 5.91 Å². The molecule has 0 fully saturated rings. The van der Waals surface area contributed by atoms with E-state index in [1.165, 1.54) is 5.56 Å². The zero-order valence-corrected chi connectivity index (χ0v) is 16.9. The molecule has 3 aromatic carbocycles. The highest BCUT2D eigenvalue weighted by Gasteiger charge is 2.16. The Kier molecular flexibility index (Phi) is 5.48. The molecule has 0 amide bonds. The standard InChI is InChI=1S/C26H25NO2/c1-3-21-8-7-11-25-24(21)18-19(2)27(25)26(28)22-14-12-20(13-15-22)16-17-29-23-9-5-4-6-10-23/h4-15,18H,3,16-17H2,1-2H3. The van der Waals surface area contributed by atoms with Gasteiger partial charge in [0.05, 0.1) is 12.1 Å². The van der Waals surface area contributed by atoms with E-state index >= 15 is 0 Å². The van der Waals surface area contributed by atoms with Crippen LogP contribution in [0.5, 0.6) is 5.75 Å². The van der Waals surface area contributed by atoms with Crippen molar-refractivity contribution in [2.45, 2.75) is 26.7 Å². The molecule has 0 atom stereocenters. The minimum Gasteiger partial charge on any atom is -0.493 e. The maximum Gasteiger partial charge on any atom is 0.262 e. The third kappa shape index (κ3) is 3.95. The van der Waals surface area contributed by atoms with Crippen molar-refractivity contribution in [3.63, 3.8) is 0 Å². The average molecular weight is 383 g/mol. The molecule has 29 heavy (non-hydrogen) atoms. The number of benzene rings is 3. The fourth-order valence-corrected chi connectivity index (χ4v) is 3.75. The molecule has 146 valence electrons. The van der Waals surface area contributed by atoms with Crippen molar-refractivity contribution in [2.24, 2.45) is 0 Å². The van der Waals surface area contributed by atoms with Crippen LogP contribution in [0.25, 0.3) is 10.9 Å². The zero-order valence-electron chi connectivity index (χ0n) is 16.9. The fourth-order valence-electron chi connectivity index (χ4n) is 3.75. The van der Waals surface area contributed by atoms with Crippen molar-refractivity contribution in [3.8, 4) is 5.75 Å². The van der Waals surface area contributed by atoms with E-state index in [0.29, 0.717) is 12.2 Å². The summed E-state index contributed by atoms with van der Waals surface area (Å²) >= 11 is 0.